The van der Waals surface area contributed by atoms with Crippen molar-refractivity contribution in [2.45, 2.75) is 0 Å². The highest BCUT2D eigenvalue weighted by Crippen LogP contribution is 2.40. The monoisotopic (exact) mass is 968 g/mol. The van der Waals surface area contributed by atoms with Gasteiger partial charge in [-0.3, -0.25) is 0 Å². The van der Waals surface area contributed by atoms with E-state index in [0.29, 0.717) is 5.82 Å². The van der Waals surface area contributed by atoms with E-state index in [2.05, 4.69) is 285 Å². The van der Waals surface area contributed by atoms with Gasteiger partial charge in [-0.05, 0) is 109 Å². The van der Waals surface area contributed by atoms with E-state index in [1.165, 1.54) is 65.2 Å². The van der Waals surface area contributed by atoms with E-state index in [1.807, 2.05) is 0 Å². The first-order valence-electron chi connectivity index (χ1n) is 25.9. The molecule has 0 fully saturated rings. The van der Waals surface area contributed by atoms with Crippen molar-refractivity contribution in [3.63, 3.8) is 0 Å². The molecule has 6 nitrogen and oxygen atoms in total. The van der Waals surface area contributed by atoms with E-state index in [-0.39, 0.29) is 0 Å². The quantitative estimate of drug-likeness (QED) is 0.160. The third kappa shape index (κ3) is 6.41. The maximum Gasteiger partial charge on any atom is 0.160 e. The summed E-state index contributed by atoms with van der Waals surface area (Å²) in [4.78, 5) is 11.0. The standard InChI is InChI=1S/C70H44N6/c1-9-25-62-52(17-1)53-18-2-10-26-63(53)73(62)48-37-33-45(34-38-48)60-44-61(72-70(71-60)46-35-39-49(40-36-46)74-64-27-11-3-19-54(64)55-20-4-12-28-65(55)74)47-41-50(75-66-29-13-5-21-56(66)57-22-6-14-30-67(57)75)43-51(42-47)76-68-31-15-7-23-58(68)59-24-8-16-32-69(59)76/h1-44H. The van der Waals surface area contributed by atoms with Crippen LogP contribution in [0.1, 0.15) is 0 Å². The van der Waals surface area contributed by atoms with E-state index in [0.717, 1.165) is 72.9 Å². The fourth-order valence-corrected chi connectivity index (χ4v) is 12.2. The van der Waals surface area contributed by atoms with Crippen LogP contribution in [0.3, 0.4) is 0 Å². The molecule has 0 aliphatic carbocycles. The normalized spacial score (nSPS) is 11.9. The van der Waals surface area contributed by atoms with Crippen molar-refractivity contribution in [1.82, 2.24) is 28.2 Å². The molecular formula is C70H44N6. The summed E-state index contributed by atoms with van der Waals surface area (Å²) in [6.45, 7) is 0. The minimum atomic E-state index is 0.647. The molecule has 11 aromatic carbocycles. The first-order chi connectivity index (χ1) is 37.7. The van der Waals surface area contributed by atoms with Gasteiger partial charge in [0.2, 0.25) is 0 Å². The molecule has 5 heterocycles. The van der Waals surface area contributed by atoms with Gasteiger partial charge in [0.05, 0.1) is 55.5 Å². The number of hydrogen-bond donors (Lipinski definition) is 0. The molecule has 354 valence electrons. The summed E-state index contributed by atoms with van der Waals surface area (Å²) >= 11 is 0. The zero-order valence-corrected chi connectivity index (χ0v) is 41.1. The van der Waals surface area contributed by atoms with Crippen molar-refractivity contribution < 1.29 is 0 Å². The van der Waals surface area contributed by atoms with E-state index in [4.69, 9.17) is 9.97 Å². The smallest absolute Gasteiger partial charge is 0.160 e. The van der Waals surface area contributed by atoms with Gasteiger partial charge in [-0.25, -0.2) is 9.97 Å². The lowest BCUT2D eigenvalue weighted by atomic mass is 10.0. The lowest BCUT2D eigenvalue weighted by Crippen LogP contribution is -2.02. The van der Waals surface area contributed by atoms with Gasteiger partial charge >= 0.3 is 0 Å². The van der Waals surface area contributed by atoms with Crippen LogP contribution in [0.2, 0.25) is 0 Å². The summed E-state index contributed by atoms with van der Waals surface area (Å²) in [5, 5.41) is 9.78. The summed E-state index contributed by atoms with van der Waals surface area (Å²) in [6, 6.07) is 96.3. The molecule has 0 amide bonds. The Morgan fingerprint density at radius 2 is 0.447 bits per heavy atom. The molecule has 5 aromatic heterocycles. The van der Waals surface area contributed by atoms with E-state index in [9.17, 15) is 0 Å². The Morgan fingerprint density at radius 3 is 0.750 bits per heavy atom. The van der Waals surface area contributed by atoms with E-state index >= 15 is 0 Å². The summed E-state index contributed by atoms with van der Waals surface area (Å²) < 4.78 is 9.54. The molecule has 0 aliphatic heterocycles. The minimum absolute atomic E-state index is 0.647. The largest absolute Gasteiger partial charge is 0.309 e. The average molecular weight is 969 g/mol. The molecule has 16 rings (SSSR count). The summed E-state index contributed by atoms with van der Waals surface area (Å²) in [5.41, 5.74) is 18.1. The molecule has 16 aromatic rings. The second-order valence-corrected chi connectivity index (χ2v) is 19.8. The van der Waals surface area contributed by atoms with E-state index < -0.39 is 0 Å². The lowest BCUT2D eigenvalue weighted by molar-refractivity contribution is 1.13. The predicted octanol–water partition coefficient (Wildman–Crippen LogP) is 17.9. The van der Waals surface area contributed by atoms with Crippen LogP contribution in [0.5, 0.6) is 0 Å². The highest BCUT2D eigenvalue weighted by molar-refractivity contribution is 6.12. The van der Waals surface area contributed by atoms with Crippen LogP contribution in [-0.2, 0) is 0 Å². The number of para-hydroxylation sites is 8. The van der Waals surface area contributed by atoms with Gasteiger partial charge < -0.3 is 18.3 Å². The van der Waals surface area contributed by atoms with Gasteiger partial charge in [0, 0.05) is 82.5 Å². The van der Waals surface area contributed by atoms with Gasteiger partial charge in [0.15, 0.2) is 5.82 Å². The Bertz CT molecular complexity index is 4470. The van der Waals surface area contributed by atoms with Crippen molar-refractivity contribution in [2.24, 2.45) is 0 Å². The summed E-state index contributed by atoms with van der Waals surface area (Å²) in [7, 11) is 0. The third-order valence-corrected chi connectivity index (χ3v) is 15.6. The van der Waals surface area contributed by atoms with Gasteiger partial charge in [-0.2, -0.15) is 0 Å². The van der Waals surface area contributed by atoms with Crippen LogP contribution in [0, 0.1) is 0 Å². The molecule has 0 radical (unpaired) electrons. The Balaban J connectivity index is 0.924. The van der Waals surface area contributed by atoms with Crippen LogP contribution in [0.15, 0.2) is 267 Å². The number of fused-ring (bicyclic) bond motifs is 12. The molecule has 0 aliphatic rings. The van der Waals surface area contributed by atoms with E-state index in [1.54, 1.807) is 0 Å². The Hall–Kier alpha value is -10.3. The summed E-state index contributed by atoms with van der Waals surface area (Å²) in [6.07, 6.45) is 0. The fraction of sp³-hybridized carbons (Fsp3) is 0. The molecular weight excluding hydrogens is 925 g/mol. The average Bonchev–Trinajstić information content (AvgIpc) is 4.23. The molecule has 0 bridgehead atoms. The van der Waals surface area contributed by atoms with Gasteiger partial charge in [-0.15, -0.1) is 0 Å². The zero-order valence-electron chi connectivity index (χ0n) is 41.1. The molecule has 76 heavy (non-hydrogen) atoms. The highest BCUT2D eigenvalue weighted by Gasteiger charge is 2.20. The first-order valence-corrected chi connectivity index (χ1v) is 25.9. The molecule has 0 saturated carbocycles. The highest BCUT2D eigenvalue weighted by atomic mass is 15.0. The molecule has 0 atom stereocenters. The van der Waals surface area contributed by atoms with Crippen LogP contribution >= 0.6 is 0 Å². The van der Waals surface area contributed by atoms with Crippen molar-refractivity contribution in [3.05, 3.63) is 267 Å². The van der Waals surface area contributed by atoms with Crippen molar-refractivity contribution in [1.29, 1.82) is 0 Å². The number of nitrogens with zero attached hydrogens (tertiary/aromatic N) is 6. The van der Waals surface area contributed by atoms with Crippen LogP contribution in [0.4, 0.5) is 0 Å². The Morgan fingerprint density at radius 1 is 0.197 bits per heavy atom. The fourth-order valence-electron chi connectivity index (χ4n) is 12.2. The Kier molecular flexibility index (Phi) is 9.23. The summed E-state index contributed by atoms with van der Waals surface area (Å²) in [5.74, 6) is 0.647. The van der Waals surface area contributed by atoms with Crippen LogP contribution < -0.4 is 0 Å². The molecule has 0 unspecified atom stereocenters. The number of rotatable bonds is 7. The minimum Gasteiger partial charge on any atom is -0.309 e. The molecule has 6 heteroatoms. The second kappa shape index (κ2) is 16.6. The lowest BCUT2D eigenvalue weighted by Gasteiger charge is -2.17. The third-order valence-electron chi connectivity index (χ3n) is 15.6. The maximum absolute atomic E-state index is 5.57. The number of benzene rings is 11. The van der Waals surface area contributed by atoms with Crippen molar-refractivity contribution in [3.8, 4) is 56.7 Å². The number of hydrogen-bond acceptors (Lipinski definition) is 2. The molecule has 0 spiro atoms. The topological polar surface area (TPSA) is 45.5 Å². The van der Waals surface area contributed by atoms with Crippen molar-refractivity contribution >= 4 is 87.2 Å². The van der Waals surface area contributed by atoms with Crippen molar-refractivity contribution in [2.75, 3.05) is 0 Å². The maximum atomic E-state index is 5.57. The van der Waals surface area contributed by atoms with Gasteiger partial charge in [0.1, 0.15) is 0 Å². The SMILES string of the molecule is c1ccc2c(c1)c1ccccc1n2-c1ccc(-c2cc(-c3cc(-n4c5ccccc5c5ccccc54)cc(-n4c5ccccc5c5ccccc54)c3)nc(-c3ccc(-n4c5ccccc5c5ccccc54)cc3)n2)cc1. The van der Waals surface area contributed by atoms with Crippen LogP contribution in [-0.4, -0.2) is 28.2 Å². The molecule has 0 saturated heterocycles. The first kappa shape index (κ1) is 42.2. The van der Waals surface area contributed by atoms with Crippen LogP contribution in [0.25, 0.3) is 144 Å². The zero-order chi connectivity index (χ0) is 49.8. The number of aromatic nitrogens is 6. The Labute approximate surface area is 436 Å². The predicted molar refractivity (Wildman–Crippen MR) is 316 cm³/mol. The second-order valence-electron chi connectivity index (χ2n) is 19.8. The van der Waals surface area contributed by atoms with Gasteiger partial charge in [-0.1, -0.05) is 158 Å². The molecule has 0 N–H and O–H groups in total. The van der Waals surface area contributed by atoms with Gasteiger partial charge in [0.25, 0.3) is 0 Å².